The first-order valence-electron chi connectivity index (χ1n) is 7.12. The summed E-state index contributed by atoms with van der Waals surface area (Å²) in [6.45, 7) is 1.10. The Balaban J connectivity index is 0.00000144. The standard InChI is InChI=1S/C13H16N4O2S2.ClH/c18-21(19,12-6-2-5-11-13(12)16-20-15-11)17-7-9-3-1-4-10(8-17)14-9;/h2,5-6,9-10,14H,1,3-4,7-8H2;1H. The van der Waals surface area contributed by atoms with Crippen molar-refractivity contribution >= 4 is 45.2 Å². The summed E-state index contributed by atoms with van der Waals surface area (Å²) < 4.78 is 35.8. The van der Waals surface area contributed by atoms with Gasteiger partial charge in [-0.25, -0.2) is 8.42 Å². The molecule has 0 saturated carbocycles. The SMILES string of the molecule is Cl.O=S(=O)(c1cccc2nsnc12)N1CC2CCCC(C1)N2. The highest BCUT2D eigenvalue weighted by Crippen LogP contribution is 2.28. The van der Waals surface area contributed by atoms with Crippen LogP contribution in [0.3, 0.4) is 0 Å². The maximum absolute atomic E-state index is 13.0. The molecule has 2 unspecified atom stereocenters. The average Bonchev–Trinajstić information content (AvgIpc) is 2.94. The summed E-state index contributed by atoms with van der Waals surface area (Å²) in [6, 6.07) is 5.72. The summed E-state index contributed by atoms with van der Waals surface area (Å²) >= 11 is 1.05. The lowest BCUT2D eigenvalue weighted by atomic mass is 9.96. The third kappa shape index (κ3) is 2.63. The molecule has 2 fully saturated rings. The van der Waals surface area contributed by atoms with Gasteiger partial charge in [0.05, 0.1) is 11.7 Å². The molecule has 0 radical (unpaired) electrons. The molecule has 0 amide bonds. The van der Waals surface area contributed by atoms with Crippen molar-refractivity contribution in [1.29, 1.82) is 0 Å². The topological polar surface area (TPSA) is 75.2 Å². The molecule has 0 aliphatic carbocycles. The van der Waals surface area contributed by atoms with Crippen LogP contribution in [0.25, 0.3) is 11.0 Å². The number of piperazine rings is 1. The first kappa shape index (κ1) is 16.1. The second kappa shape index (κ2) is 6.01. The van der Waals surface area contributed by atoms with E-state index in [0.717, 1.165) is 24.6 Å². The van der Waals surface area contributed by atoms with Gasteiger partial charge in [0.15, 0.2) is 0 Å². The third-order valence-electron chi connectivity index (χ3n) is 4.29. The summed E-state index contributed by atoms with van der Waals surface area (Å²) in [7, 11) is -3.50. The Kier molecular flexibility index (Phi) is 4.39. The van der Waals surface area contributed by atoms with Gasteiger partial charge in [-0.2, -0.15) is 13.1 Å². The quantitative estimate of drug-likeness (QED) is 0.881. The van der Waals surface area contributed by atoms with E-state index in [1.807, 2.05) is 0 Å². The lowest BCUT2D eigenvalue weighted by Gasteiger charge is -2.41. The van der Waals surface area contributed by atoms with Gasteiger partial charge in [0.25, 0.3) is 0 Å². The fourth-order valence-corrected chi connectivity index (χ4v) is 5.57. The first-order valence-corrected chi connectivity index (χ1v) is 9.29. The molecule has 0 spiro atoms. The van der Waals surface area contributed by atoms with Gasteiger partial charge < -0.3 is 5.32 Å². The number of aromatic nitrogens is 2. The number of nitrogens with one attached hydrogen (secondary N) is 1. The zero-order chi connectivity index (χ0) is 14.4. The highest BCUT2D eigenvalue weighted by atomic mass is 35.5. The molecule has 1 aromatic carbocycles. The van der Waals surface area contributed by atoms with Crippen molar-refractivity contribution in [2.45, 2.75) is 36.2 Å². The summed E-state index contributed by atoms with van der Waals surface area (Å²) in [5, 5.41) is 3.51. The Bertz CT molecular complexity index is 767. The number of sulfonamides is 1. The molecule has 1 aromatic heterocycles. The molecule has 9 heteroatoms. The van der Waals surface area contributed by atoms with Gasteiger partial charge >= 0.3 is 0 Å². The lowest BCUT2D eigenvalue weighted by molar-refractivity contribution is 0.190. The second-order valence-electron chi connectivity index (χ2n) is 5.70. The molecule has 2 aromatic rings. The molecule has 3 heterocycles. The fraction of sp³-hybridized carbons (Fsp3) is 0.538. The maximum atomic E-state index is 13.0. The van der Waals surface area contributed by atoms with Crippen molar-refractivity contribution in [1.82, 2.24) is 18.4 Å². The highest BCUT2D eigenvalue weighted by Gasteiger charge is 2.37. The number of benzene rings is 1. The van der Waals surface area contributed by atoms with Crippen LogP contribution < -0.4 is 5.32 Å². The van der Waals surface area contributed by atoms with E-state index >= 15 is 0 Å². The van der Waals surface area contributed by atoms with Crippen LogP contribution in [0.4, 0.5) is 0 Å². The Morgan fingerprint density at radius 3 is 2.64 bits per heavy atom. The normalized spacial score (nSPS) is 25.8. The number of nitrogens with zero attached hydrogens (tertiary/aromatic N) is 3. The summed E-state index contributed by atoms with van der Waals surface area (Å²) in [5.74, 6) is 0. The number of piperidine rings is 1. The van der Waals surface area contributed by atoms with Crippen LogP contribution in [-0.2, 0) is 10.0 Å². The summed E-state index contributed by atoms with van der Waals surface area (Å²) in [6.07, 6.45) is 3.28. The highest BCUT2D eigenvalue weighted by molar-refractivity contribution is 7.89. The van der Waals surface area contributed by atoms with Gasteiger partial charge in [-0.3, -0.25) is 0 Å². The lowest BCUT2D eigenvalue weighted by Crippen LogP contribution is -2.59. The van der Waals surface area contributed by atoms with Gasteiger partial charge in [-0.1, -0.05) is 12.5 Å². The van der Waals surface area contributed by atoms with Crippen LogP contribution in [0, 0.1) is 0 Å². The molecule has 2 aliphatic rings. The van der Waals surface area contributed by atoms with E-state index in [2.05, 4.69) is 14.1 Å². The number of halogens is 1. The summed E-state index contributed by atoms with van der Waals surface area (Å²) in [4.78, 5) is 0.286. The first-order chi connectivity index (χ1) is 10.1. The predicted molar refractivity (Wildman–Crippen MR) is 88.0 cm³/mol. The van der Waals surface area contributed by atoms with E-state index in [-0.39, 0.29) is 29.4 Å². The van der Waals surface area contributed by atoms with Crippen LogP contribution >= 0.6 is 24.1 Å². The number of rotatable bonds is 2. The average molecular weight is 361 g/mol. The molecule has 2 bridgehead atoms. The maximum Gasteiger partial charge on any atom is 0.245 e. The van der Waals surface area contributed by atoms with Gasteiger partial charge in [-0.05, 0) is 25.0 Å². The van der Waals surface area contributed by atoms with Crippen molar-refractivity contribution < 1.29 is 8.42 Å². The molecule has 2 atom stereocenters. The minimum Gasteiger partial charge on any atom is -0.309 e. The Labute approximate surface area is 139 Å². The van der Waals surface area contributed by atoms with Gasteiger partial charge in [0.1, 0.15) is 15.9 Å². The Morgan fingerprint density at radius 1 is 1.18 bits per heavy atom. The Hall–Kier alpha value is -0.800. The van der Waals surface area contributed by atoms with E-state index in [0.29, 0.717) is 24.1 Å². The molecule has 22 heavy (non-hydrogen) atoms. The molecular formula is C13H17ClN4O2S2. The van der Waals surface area contributed by atoms with E-state index < -0.39 is 10.0 Å². The van der Waals surface area contributed by atoms with Crippen molar-refractivity contribution in [3.8, 4) is 0 Å². The van der Waals surface area contributed by atoms with Gasteiger partial charge in [0, 0.05) is 25.2 Å². The molecule has 120 valence electrons. The monoisotopic (exact) mass is 360 g/mol. The van der Waals surface area contributed by atoms with E-state index in [4.69, 9.17) is 0 Å². The smallest absolute Gasteiger partial charge is 0.245 e. The zero-order valence-corrected chi connectivity index (χ0v) is 14.3. The van der Waals surface area contributed by atoms with Crippen molar-refractivity contribution in [2.75, 3.05) is 13.1 Å². The molecule has 1 N–H and O–H groups in total. The largest absolute Gasteiger partial charge is 0.309 e. The van der Waals surface area contributed by atoms with E-state index in [9.17, 15) is 8.42 Å². The second-order valence-corrected chi connectivity index (χ2v) is 8.14. The number of fused-ring (bicyclic) bond motifs is 3. The van der Waals surface area contributed by atoms with Crippen molar-refractivity contribution in [3.63, 3.8) is 0 Å². The van der Waals surface area contributed by atoms with Crippen LogP contribution in [0.2, 0.25) is 0 Å². The zero-order valence-electron chi connectivity index (χ0n) is 11.8. The number of hydrogen-bond donors (Lipinski definition) is 1. The molecule has 4 rings (SSSR count). The van der Waals surface area contributed by atoms with Crippen LogP contribution in [0.5, 0.6) is 0 Å². The third-order valence-corrected chi connectivity index (χ3v) is 6.70. The minimum atomic E-state index is -3.50. The van der Waals surface area contributed by atoms with Gasteiger partial charge in [0.2, 0.25) is 10.0 Å². The molecule has 6 nitrogen and oxygen atoms in total. The Morgan fingerprint density at radius 2 is 1.91 bits per heavy atom. The minimum absolute atomic E-state index is 0. The van der Waals surface area contributed by atoms with Gasteiger partial charge in [-0.15, -0.1) is 12.4 Å². The van der Waals surface area contributed by atoms with Crippen molar-refractivity contribution in [3.05, 3.63) is 18.2 Å². The van der Waals surface area contributed by atoms with Crippen LogP contribution in [0.1, 0.15) is 19.3 Å². The van der Waals surface area contributed by atoms with Crippen molar-refractivity contribution in [2.24, 2.45) is 0 Å². The molecule has 2 saturated heterocycles. The van der Waals surface area contributed by atoms with Crippen LogP contribution in [0.15, 0.2) is 23.1 Å². The van der Waals surface area contributed by atoms with E-state index in [1.54, 1.807) is 22.5 Å². The number of hydrogen-bond acceptors (Lipinski definition) is 6. The predicted octanol–water partition coefficient (Wildman–Crippen LogP) is 1.63. The molecule has 2 aliphatic heterocycles. The molecular weight excluding hydrogens is 344 g/mol. The fourth-order valence-electron chi connectivity index (χ4n) is 3.29. The van der Waals surface area contributed by atoms with Crippen LogP contribution in [-0.4, -0.2) is 46.6 Å². The summed E-state index contributed by atoms with van der Waals surface area (Å²) in [5.41, 5.74) is 1.14. The van der Waals surface area contributed by atoms with E-state index in [1.165, 1.54) is 6.42 Å².